The van der Waals surface area contributed by atoms with Crippen molar-refractivity contribution in [2.24, 2.45) is 11.5 Å². The summed E-state index contributed by atoms with van der Waals surface area (Å²) in [6.07, 6.45) is 2.34. The number of amides is 4. The van der Waals surface area contributed by atoms with E-state index in [0.29, 0.717) is 5.69 Å². The molecule has 0 saturated heterocycles. The summed E-state index contributed by atoms with van der Waals surface area (Å²) in [6.45, 7) is 0.985. The highest BCUT2D eigenvalue weighted by molar-refractivity contribution is 5.92. The maximum Gasteiger partial charge on any atom is 0.326 e. The molecular formula is C16H25N7O6. The number of aliphatic carboxylic acids is 1. The van der Waals surface area contributed by atoms with E-state index in [1.165, 1.54) is 19.4 Å². The van der Waals surface area contributed by atoms with Gasteiger partial charge < -0.3 is 37.5 Å². The van der Waals surface area contributed by atoms with Gasteiger partial charge in [0.2, 0.25) is 23.6 Å². The second-order valence-electron chi connectivity index (χ2n) is 6.31. The van der Waals surface area contributed by atoms with Crippen LogP contribution in [0.3, 0.4) is 0 Å². The van der Waals surface area contributed by atoms with E-state index in [0.717, 1.165) is 0 Å². The number of imidazole rings is 1. The molecule has 0 saturated carbocycles. The summed E-state index contributed by atoms with van der Waals surface area (Å²) < 4.78 is 0. The van der Waals surface area contributed by atoms with Crippen molar-refractivity contribution in [3.63, 3.8) is 0 Å². The molecule has 0 spiro atoms. The third-order valence-corrected chi connectivity index (χ3v) is 3.76. The van der Waals surface area contributed by atoms with Crippen LogP contribution in [0.15, 0.2) is 12.5 Å². The van der Waals surface area contributed by atoms with Gasteiger partial charge in [-0.2, -0.15) is 0 Å². The summed E-state index contributed by atoms with van der Waals surface area (Å²) in [5, 5.41) is 16.3. The number of primary amides is 1. The zero-order chi connectivity index (χ0) is 22.0. The maximum atomic E-state index is 12.5. The Morgan fingerprint density at radius 1 is 1.17 bits per heavy atom. The Kier molecular flexibility index (Phi) is 9.25. The monoisotopic (exact) mass is 411 g/mol. The molecule has 3 unspecified atom stereocenters. The molecular weight excluding hydrogens is 386 g/mol. The number of hydrogen-bond donors (Lipinski definition) is 7. The van der Waals surface area contributed by atoms with Crippen LogP contribution in [0.2, 0.25) is 0 Å². The predicted molar refractivity (Wildman–Crippen MR) is 98.9 cm³/mol. The molecule has 160 valence electrons. The molecule has 0 bridgehead atoms. The number of carboxylic acids is 1. The van der Waals surface area contributed by atoms with E-state index in [-0.39, 0.29) is 19.3 Å². The van der Waals surface area contributed by atoms with Gasteiger partial charge in [0.05, 0.1) is 18.9 Å². The van der Waals surface area contributed by atoms with Gasteiger partial charge in [0.1, 0.15) is 12.1 Å². The molecule has 0 aliphatic heterocycles. The van der Waals surface area contributed by atoms with Crippen molar-refractivity contribution in [3.05, 3.63) is 18.2 Å². The third-order valence-electron chi connectivity index (χ3n) is 3.76. The highest BCUT2D eigenvalue weighted by Crippen LogP contribution is 2.03. The average molecular weight is 411 g/mol. The van der Waals surface area contributed by atoms with Crippen LogP contribution >= 0.6 is 0 Å². The molecule has 13 heteroatoms. The van der Waals surface area contributed by atoms with Crippen molar-refractivity contribution in [2.75, 3.05) is 6.54 Å². The number of rotatable bonds is 12. The highest BCUT2D eigenvalue weighted by Gasteiger charge is 2.27. The van der Waals surface area contributed by atoms with Crippen molar-refractivity contribution in [3.8, 4) is 0 Å². The zero-order valence-electron chi connectivity index (χ0n) is 15.8. The molecule has 4 amide bonds. The summed E-state index contributed by atoms with van der Waals surface area (Å²) in [5.41, 5.74) is 10.9. The Morgan fingerprint density at radius 2 is 1.86 bits per heavy atom. The number of carbonyl (C=O) groups is 5. The lowest BCUT2D eigenvalue weighted by Crippen LogP contribution is -2.54. The first kappa shape index (κ1) is 23.6. The van der Waals surface area contributed by atoms with Crippen LogP contribution in [0, 0.1) is 0 Å². The van der Waals surface area contributed by atoms with Gasteiger partial charge in [0.15, 0.2) is 0 Å². The summed E-state index contributed by atoms with van der Waals surface area (Å²) in [5.74, 6) is -4.09. The van der Waals surface area contributed by atoms with Crippen LogP contribution in [0.4, 0.5) is 0 Å². The first-order valence-electron chi connectivity index (χ1n) is 8.71. The smallest absolute Gasteiger partial charge is 0.326 e. The molecule has 0 aliphatic rings. The van der Waals surface area contributed by atoms with E-state index in [1.807, 2.05) is 0 Å². The van der Waals surface area contributed by atoms with Crippen molar-refractivity contribution in [2.45, 2.75) is 44.3 Å². The van der Waals surface area contributed by atoms with Crippen molar-refractivity contribution in [1.82, 2.24) is 25.9 Å². The number of hydrogen-bond acceptors (Lipinski definition) is 7. The highest BCUT2D eigenvalue weighted by atomic mass is 16.4. The number of H-pyrrole nitrogens is 1. The Balaban J connectivity index is 2.76. The quantitative estimate of drug-likeness (QED) is 0.184. The number of nitrogens with one attached hydrogen (secondary N) is 4. The molecule has 9 N–H and O–H groups in total. The number of carbonyl (C=O) groups excluding carboxylic acids is 4. The molecule has 1 heterocycles. The fraction of sp³-hybridized carbons (Fsp3) is 0.500. The Morgan fingerprint density at radius 3 is 2.38 bits per heavy atom. The molecule has 0 aromatic carbocycles. The second kappa shape index (κ2) is 11.4. The zero-order valence-corrected chi connectivity index (χ0v) is 15.8. The molecule has 0 aliphatic carbocycles. The van der Waals surface area contributed by atoms with E-state index in [4.69, 9.17) is 11.5 Å². The Hall–Kier alpha value is -3.48. The largest absolute Gasteiger partial charge is 0.480 e. The van der Waals surface area contributed by atoms with E-state index in [1.54, 1.807) is 0 Å². The number of nitrogens with zero attached hydrogens (tertiary/aromatic N) is 1. The third kappa shape index (κ3) is 8.83. The van der Waals surface area contributed by atoms with Gasteiger partial charge in [0, 0.05) is 24.7 Å². The van der Waals surface area contributed by atoms with Gasteiger partial charge in [-0.3, -0.25) is 19.2 Å². The van der Waals surface area contributed by atoms with E-state index < -0.39 is 54.3 Å². The lowest BCUT2D eigenvalue weighted by molar-refractivity contribution is -0.142. The average Bonchev–Trinajstić information content (AvgIpc) is 3.15. The standard InChI is InChI=1S/C16H25N7O6/c1-8(17)14(26)20-6-13(25)22-10(2-3-12(18)24)15(27)23-11(16(28)29)4-9-5-19-7-21-9/h5,7-8,10-11H,2-4,6,17H2,1H3,(H2,18,24)(H,19,21)(H,20,26)(H,22,25)(H,23,27)(H,28,29). The normalized spacial score (nSPS) is 13.6. The first-order valence-corrected chi connectivity index (χ1v) is 8.71. The summed E-state index contributed by atoms with van der Waals surface area (Å²) in [4.78, 5) is 64.9. The van der Waals surface area contributed by atoms with Crippen LogP contribution in [0.1, 0.15) is 25.5 Å². The lowest BCUT2D eigenvalue weighted by atomic mass is 10.1. The number of nitrogens with two attached hydrogens (primary N) is 2. The van der Waals surface area contributed by atoms with Gasteiger partial charge in [-0.05, 0) is 13.3 Å². The fourth-order valence-corrected chi connectivity index (χ4v) is 2.22. The number of aromatic nitrogens is 2. The van der Waals surface area contributed by atoms with Gasteiger partial charge in [0.25, 0.3) is 0 Å². The topological polar surface area (TPSA) is 222 Å². The van der Waals surface area contributed by atoms with Crippen LogP contribution in [0.5, 0.6) is 0 Å². The van der Waals surface area contributed by atoms with E-state index >= 15 is 0 Å². The summed E-state index contributed by atoms with van der Waals surface area (Å²) >= 11 is 0. The van der Waals surface area contributed by atoms with E-state index in [9.17, 15) is 29.1 Å². The molecule has 1 aromatic heterocycles. The van der Waals surface area contributed by atoms with Crippen molar-refractivity contribution < 1.29 is 29.1 Å². The molecule has 1 aromatic rings. The Bertz CT molecular complexity index is 734. The van der Waals surface area contributed by atoms with Gasteiger partial charge in [-0.25, -0.2) is 9.78 Å². The SMILES string of the molecule is CC(N)C(=O)NCC(=O)NC(CCC(N)=O)C(=O)NC(Cc1cnc[nH]1)C(=O)O. The van der Waals surface area contributed by atoms with Crippen molar-refractivity contribution in [1.29, 1.82) is 0 Å². The maximum absolute atomic E-state index is 12.5. The molecule has 0 radical (unpaired) electrons. The van der Waals surface area contributed by atoms with Crippen LogP contribution in [-0.4, -0.2) is 69.3 Å². The minimum atomic E-state index is -1.30. The van der Waals surface area contributed by atoms with Crippen LogP contribution in [0.25, 0.3) is 0 Å². The minimum absolute atomic E-state index is 0.0675. The van der Waals surface area contributed by atoms with Gasteiger partial charge in [-0.15, -0.1) is 0 Å². The van der Waals surface area contributed by atoms with Gasteiger partial charge in [-0.1, -0.05) is 0 Å². The molecule has 0 fully saturated rings. The van der Waals surface area contributed by atoms with Crippen molar-refractivity contribution >= 4 is 29.6 Å². The van der Waals surface area contributed by atoms with Crippen LogP contribution < -0.4 is 27.4 Å². The lowest BCUT2D eigenvalue weighted by Gasteiger charge is -2.21. The Labute approximate surface area is 166 Å². The summed E-state index contributed by atoms with van der Waals surface area (Å²) in [6, 6.07) is -3.35. The number of aromatic amines is 1. The van der Waals surface area contributed by atoms with Gasteiger partial charge >= 0.3 is 5.97 Å². The van der Waals surface area contributed by atoms with Crippen LogP contribution in [-0.2, 0) is 30.4 Å². The summed E-state index contributed by atoms with van der Waals surface area (Å²) in [7, 11) is 0. The molecule has 29 heavy (non-hydrogen) atoms. The van der Waals surface area contributed by atoms with E-state index in [2.05, 4.69) is 25.9 Å². The molecule has 13 nitrogen and oxygen atoms in total. The second-order valence-corrected chi connectivity index (χ2v) is 6.31. The molecule has 1 rings (SSSR count). The first-order chi connectivity index (χ1) is 13.6. The predicted octanol–water partition coefficient (Wildman–Crippen LogP) is -3.26. The molecule has 3 atom stereocenters. The fourth-order valence-electron chi connectivity index (χ4n) is 2.22. The number of carboxylic acid groups (broad SMARTS) is 1. The minimum Gasteiger partial charge on any atom is -0.480 e.